The van der Waals surface area contributed by atoms with Crippen molar-refractivity contribution in [2.24, 2.45) is 0 Å². The van der Waals surface area contributed by atoms with Gasteiger partial charge in [-0.2, -0.15) is 5.10 Å². The van der Waals surface area contributed by atoms with Gasteiger partial charge in [0.15, 0.2) is 0 Å². The number of hydrogen-bond donors (Lipinski definition) is 3. The van der Waals surface area contributed by atoms with Gasteiger partial charge in [0.25, 0.3) is 0 Å². The molecule has 0 aliphatic rings. The molecule has 26 heavy (non-hydrogen) atoms. The first-order chi connectivity index (χ1) is 12.6. The van der Waals surface area contributed by atoms with E-state index in [2.05, 4.69) is 20.5 Å². The molecule has 0 aliphatic heterocycles. The molecule has 8 heteroatoms. The lowest BCUT2D eigenvalue weighted by atomic mass is 10.0. The third-order valence-electron chi connectivity index (χ3n) is 4.06. The quantitative estimate of drug-likeness (QED) is 0.469. The number of pyridine rings is 1. The normalized spacial score (nSPS) is 11.0. The summed E-state index contributed by atoms with van der Waals surface area (Å²) >= 11 is 12.5. The third kappa shape index (κ3) is 4.26. The number of halogens is 2. The van der Waals surface area contributed by atoms with E-state index in [0.29, 0.717) is 34.3 Å². The smallest absolute Gasteiger partial charge is 0.303 e. The Bertz CT molecular complexity index is 913. The van der Waals surface area contributed by atoms with Gasteiger partial charge < -0.3 is 10.4 Å². The zero-order valence-electron chi connectivity index (χ0n) is 13.9. The van der Waals surface area contributed by atoms with E-state index in [1.54, 1.807) is 12.3 Å². The highest BCUT2D eigenvalue weighted by atomic mass is 35.5. The second kappa shape index (κ2) is 8.38. The predicted molar refractivity (Wildman–Crippen MR) is 104 cm³/mol. The van der Waals surface area contributed by atoms with Crippen LogP contribution >= 0.6 is 23.2 Å². The number of hydrogen-bond acceptors (Lipinski definition) is 4. The van der Waals surface area contributed by atoms with Crippen molar-refractivity contribution in [1.29, 1.82) is 0 Å². The van der Waals surface area contributed by atoms with Crippen LogP contribution < -0.4 is 5.32 Å². The lowest BCUT2D eigenvalue weighted by Gasteiger charge is -2.12. The summed E-state index contributed by atoms with van der Waals surface area (Å²) < 4.78 is 0. The summed E-state index contributed by atoms with van der Waals surface area (Å²) in [4.78, 5) is 15.1. The maximum Gasteiger partial charge on any atom is 0.303 e. The van der Waals surface area contributed by atoms with Crippen molar-refractivity contribution in [2.75, 3.05) is 11.9 Å². The molecule has 0 amide bonds. The Morgan fingerprint density at radius 3 is 2.81 bits per heavy atom. The number of H-pyrrole nitrogens is 1. The first kappa shape index (κ1) is 18.5. The molecule has 1 aromatic carbocycles. The third-order valence-corrected chi connectivity index (χ3v) is 4.85. The van der Waals surface area contributed by atoms with Crippen molar-refractivity contribution in [3.05, 3.63) is 40.6 Å². The molecular formula is C18H18Cl2N4O2. The summed E-state index contributed by atoms with van der Waals surface area (Å²) in [6.07, 6.45) is 6.13. The Morgan fingerprint density at radius 1 is 1.23 bits per heavy atom. The topological polar surface area (TPSA) is 90.9 Å². The minimum absolute atomic E-state index is 0.201. The van der Waals surface area contributed by atoms with Crippen molar-refractivity contribution >= 4 is 45.9 Å². The molecule has 3 rings (SSSR count). The molecule has 0 bridgehead atoms. The van der Waals surface area contributed by atoms with Gasteiger partial charge in [0.05, 0.1) is 21.8 Å². The summed E-state index contributed by atoms with van der Waals surface area (Å²) in [5.74, 6) is -0.0680. The Balaban J connectivity index is 1.82. The highest BCUT2D eigenvalue weighted by Crippen LogP contribution is 2.36. The number of rotatable bonds is 8. The molecule has 3 aromatic rings. The lowest BCUT2D eigenvalue weighted by Crippen LogP contribution is -2.04. The minimum atomic E-state index is -0.759. The van der Waals surface area contributed by atoms with Crippen molar-refractivity contribution in [2.45, 2.75) is 25.7 Å². The number of carboxylic acids is 1. The Hall–Kier alpha value is -2.31. The zero-order chi connectivity index (χ0) is 18.5. The van der Waals surface area contributed by atoms with Crippen molar-refractivity contribution < 1.29 is 9.90 Å². The predicted octanol–water partition coefficient (Wildman–Crippen LogP) is 4.99. The molecule has 2 heterocycles. The lowest BCUT2D eigenvalue weighted by molar-refractivity contribution is -0.137. The van der Waals surface area contributed by atoms with E-state index in [-0.39, 0.29) is 6.42 Å². The fourth-order valence-corrected chi connectivity index (χ4v) is 3.12. The van der Waals surface area contributed by atoms with Gasteiger partial charge in [0.1, 0.15) is 5.82 Å². The number of anilines is 1. The molecule has 0 unspecified atom stereocenters. The SMILES string of the molecule is O=C(O)CCCCCNc1cc(-c2cn[nH]c2)c2ccc(Cl)c(Cl)c2n1. The number of unbranched alkanes of at least 4 members (excludes halogenated alkanes) is 2. The van der Waals surface area contributed by atoms with Crippen LogP contribution in [0.2, 0.25) is 10.0 Å². The average Bonchev–Trinajstić information content (AvgIpc) is 3.15. The standard InChI is InChI=1S/C18H18Cl2N4O2/c19-14-6-5-12-13(11-9-22-23-10-11)8-15(24-18(12)17(14)20)21-7-3-1-2-4-16(25)26/h5-6,8-10H,1-4,7H2,(H,21,24)(H,22,23)(H,25,26). The van der Waals surface area contributed by atoms with Crippen molar-refractivity contribution in [3.63, 3.8) is 0 Å². The van der Waals surface area contributed by atoms with Crippen LogP contribution in [0.25, 0.3) is 22.0 Å². The number of aliphatic carboxylic acids is 1. The Labute approximate surface area is 160 Å². The highest BCUT2D eigenvalue weighted by Gasteiger charge is 2.13. The van der Waals surface area contributed by atoms with Crippen molar-refractivity contribution in [3.8, 4) is 11.1 Å². The maximum atomic E-state index is 10.5. The van der Waals surface area contributed by atoms with Gasteiger partial charge in [0.2, 0.25) is 0 Å². The Kier molecular flexibility index (Phi) is 5.96. The van der Waals surface area contributed by atoms with Crippen LogP contribution in [0.15, 0.2) is 30.6 Å². The number of carbonyl (C=O) groups is 1. The van der Waals surface area contributed by atoms with E-state index in [1.807, 2.05) is 18.3 Å². The number of aromatic nitrogens is 3. The number of carboxylic acid groups (broad SMARTS) is 1. The van der Waals surface area contributed by atoms with Gasteiger partial charge in [-0.3, -0.25) is 9.89 Å². The van der Waals surface area contributed by atoms with E-state index in [1.165, 1.54) is 0 Å². The molecule has 0 atom stereocenters. The zero-order valence-corrected chi connectivity index (χ0v) is 15.4. The summed E-state index contributed by atoms with van der Waals surface area (Å²) in [7, 11) is 0. The fraction of sp³-hybridized carbons (Fsp3) is 0.278. The van der Waals surface area contributed by atoms with Gasteiger partial charge in [-0.1, -0.05) is 35.7 Å². The fourth-order valence-electron chi connectivity index (χ4n) is 2.76. The number of fused-ring (bicyclic) bond motifs is 1. The molecule has 0 spiro atoms. The number of nitrogens with one attached hydrogen (secondary N) is 2. The highest BCUT2D eigenvalue weighted by molar-refractivity contribution is 6.45. The molecule has 0 aliphatic carbocycles. The average molecular weight is 393 g/mol. The van der Waals surface area contributed by atoms with Gasteiger partial charge in [-0.25, -0.2) is 4.98 Å². The van der Waals surface area contributed by atoms with E-state index in [4.69, 9.17) is 28.3 Å². The van der Waals surface area contributed by atoms with E-state index in [0.717, 1.165) is 29.4 Å². The maximum absolute atomic E-state index is 10.5. The summed E-state index contributed by atoms with van der Waals surface area (Å²) in [6, 6.07) is 5.61. The molecular weight excluding hydrogens is 375 g/mol. The van der Waals surface area contributed by atoms with Crippen LogP contribution in [0.5, 0.6) is 0 Å². The van der Waals surface area contributed by atoms with E-state index >= 15 is 0 Å². The van der Waals surface area contributed by atoms with Gasteiger partial charge in [-0.15, -0.1) is 0 Å². The summed E-state index contributed by atoms with van der Waals surface area (Å²) in [6.45, 7) is 0.696. The minimum Gasteiger partial charge on any atom is -0.481 e. The van der Waals surface area contributed by atoms with Crippen LogP contribution in [0.3, 0.4) is 0 Å². The number of benzene rings is 1. The molecule has 6 nitrogen and oxygen atoms in total. The number of nitrogens with zero attached hydrogens (tertiary/aromatic N) is 2. The van der Waals surface area contributed by atoms with Crippen LogP contribution in [-0.2, 0) is 4.79 Å². The van der Waals surface area contributed by atoms with E-state index < -0.39 is 5.97 Å². The van der Waals surface area contributed by atoms with Crippen LogP contribution in [0, 0.1) is 0 Å². The summed E-state index contributed by atoms with van der Waals surface area (Å²) in [5.41, 5.74) is 2.52. The summed E-state index contributed by atoms with van der Waals surface area (Å²) in [5, 5.41) is 20.5. The first-order valence-corrected chi connectivity index (χ1v) is 9.05. The molecule has 136 valence electrons. The monoisotopic (exact) mass is 392 g/mol. The van der Waals surface area contributed by atoms with Crippen LogP contribution in [0.4, 0.5) is 5.82 Å². The van der Waals surface area contributed by atoms with Crippen LogP contribution in [0.1, 0.15) is 25.7 Å². The van der Waals surface area contributed by atoms with Gasteiger partial charge >= 0.3 is 5.97 Å². The number of aromatic amines is 1. The Morgan fingerprint density at radius 2 is 2.08 bits per heavy atom. The van der Waals surface area contributed by atoms with Gasteiger partial charge in [0, 0.05) is 30.1 Å². The molecule has 0 saturated carbocycles. The molecule has 0 fully saturated rings. The van der Waals surface area contributed by atoms with Gasteiger partial charge in [-0.05, 0) is 30.5 Å². The van der Waals surface area contributed by atoms with Crippen LogP contribution in [-0.4, -0.2) is 32.8 Å². The molecule has 2 aromatic heterocycles. The second-order valence-corrected chi connectivity index (χ2v) is 6.72. The largest absolute Gasteiger partial charge is 0.481 e. The first-order valence-electron chi connectivity index (χ1n) is 8.30. The van der Waals surface area contributed by atoms with Crippen molar-refractivity contribution in [1.82, 2.24) is 15.2 Å². The molecule has 3 N–H and O–H groups in total. The van der Waals surface area contributed by atoms with E-state index in [9.17, 15) is 4.79 Å². The molecule has 0 radical (unpaired) electrons. The second-order valence-electron chi connectivity index (χ2n) is 5.93. The molecule has 0 saturated heterocycles.